The summed E-state index contributed by atoms with van der Waals surface area (Å²) in [5, 5.41) is 6.79. The van der Waals surface area contributed by atoms with Gasteiger partial charge in [0.15, 0.2) is 0 Å². The monoisotopic (exact) mass is 295 g/mol. The van der Waals surface area contributed by atoms with E-state index in [2.05, 4.69) is 15.5 Å². The molecule has 5 heteroatoms. The van der Waals surface area contributed by atoms with Gasteiger partial charge >= 0.3 is 0 Å². The van der Waals surface area contributed by atoms with E-state index >= 15 is 0 Å². The number of rotatable bonds is 6. The fourth-order valence-corrected chi connectivity index (χ4v) is 3.44. The van der Waals surface area contributed by atoms with E-state index in [9.17, 15) is 4.79 Å². The van der Waals surface area contributed by atoms with E-state index in [1.807, 2.05) is 0 Å². The molecule has 0 bridgehead atoms. The Bertz CT molecular complexity index is 334. The van der Waals surface area contributed by atoms with Crippen LogP contribution in [0.4, 0.5) is 0 Å². The van der Waals surface area contributed by atoms with Gasteiger partial charge in [0.2, 0.25) is 5.91 Å². The summed E-state index contributed by atoms with van der Waals surface area (Å²) in [5.74, 6) is 0.199. The molecule has 1 saturated carbocycles. The molecule has 3 aliphatic rings. The van der Waals surface area contributed by atoms with Crippen LogP contribution in [0.15, 0.2) is 0 Å². The number of ether oxygens (including phenoxy) is 1. The number of carbonyl (C=O) groups is 1. The van der Waals surface area contributed by atoms with Crippen LogP contribution in [0.2, 0.25) is 0 Å². The number of nitrogens with zero attached hydrogens (tertiary/aromatic N) is 1. The number of piperidine rings is 1. The molecule has 120 valence electrons. The van der Waals surface area contributed by atoms with Crippen LogP contribution in [0.25, 0.3) is 0 Å². The molecule has 2 heterocycles. The molecule has 1 atom stereocenters. The van der Waals surface area contributed by atoms with Crippen LogP contribution in [-0.2, 0) is 9.53 Å². The van der Waals surface area contributed by atoms with Gasteiger partial charge in [-0.15, -0.1) is 0 Å². The lowest BCUT2D eigenvalue weighted by Gasteiger charge is -2.31. The Morgan fingerprint density at radius 2 is 1.95 bits per heavy atom. The molecule has 0 spiro atoms. The van der Waals surface area contributed by atoms with E-state index in [-0.39, 0.29) is 5.91 Å². The van der Waals surface area contributed by atoms with Crippen molar-refractivity contribution in [2.45, 2.75) is 63.1 Å². The highest BCUT2D eigenvalue weighted by molar-refractivity contribution is 5.78. The Morgan fingerprint density at radius 3 is 2.62 bits per heavy atom. The lowest BCUT2D eigenvalue weighted by atomic mass is 10.0. The highest BCUT2D eigenvalue weighted by Crippen LogP contribution is 2.27. The van der Waals surface area contributed by atoms with Crippen molar-refractivity contribution >= 4 is 5.91 Å². The summed E-state index contributed by atoms with van der Waals surface area (Å²) in [7, 11) is 0. The summed E-state index contributed by atoms with van der Waals surface area (Å²) in [4.78, 5) is 14.7. The summed E-state index contributed by atoms with van der Waals surface area (Å²) in [5.41, 5.74) is 0. The topological polar surface area (TPSA) is 53.6 Å². The molecular weight excluding hydrogens is 266 g/mol. The predicted octanol–water partition coefficient (Wildman–Crippen LogP) is 0.888. The second-order valence-corrected chi connectivity index (χ2v) is 6.76. The van der Waals surface area contributed by atoms with Crippen molar-refractivity contribution in [1.29, 1.82) is 0 Å². The normalized spacial score (nSPS) is 27.8. The number of hydrogen-bond acceptors (Lipinski definition) is 4. The minimum Gasteiger partial charge on any atom is -0.381 e. The first-order valence-electron chi connectivity index (χ1n) is 8.66. The van der Waals surface area contributed by atoms with Gasteiger partial charge in [-0.05, 0) is 45.1 Å². The maximum absolute atomic E-state index is 12.3. The fourth-order valence-electron chi connectivity index (χ4n) is 3.44. The minimum atomic E-state index is 0.199. The summed E-state index contributed by atoms with van der Waals surface area (Å²) in [6.45, 7) is 4.30. The van der Waals surface area contributed by atoms with Gasteiger partial charge in [-0.2, -0.15) is 0 Å². The Kier molecular flexibility index (Phi) is 5.49. The second kappa shape index (κ2) is 7.56. The minimum absolute atomic E-state index is 0.199. The van der Waals surface area contributed by atoms with Crippen molar-refractivity contribution in [3.8, 4) is 0 Å². The molecule has 2 N–H and O–H groups in total. The summed E-state index contributed by atoms with van der Waals surface area (Å²) < 4.78 is 5.34. The van der Waals surface area contributed by atoms with Crippen LogP contribution in [0, 0.1) is 0 Å². The SMILES string of the molecule is O=C(CN(CC1CCCCN1)C1CC1)NC1CCOCC1. The van der Waals surface area contributed by atoms with Crippen molar-refractivity contribution < 1.29 is 9.53 Å². The van der Waals surface area contributed by atoms with E-state index < -0.39 is 0 Å². The second-order valence-electron chi connectivity index (χ2n) is 6.76. The molecule has 0 aromatic heterocycles. The van der Waals surface area contributed by atoms with Crippen molar-refractivity contribution in [1.82, 2.24) is 15.5 Å². The molecule has 0 radical (unpaired) electrons. The van der Waals surface area contributed by atoms with Crippen molar-refractivity contribution in [3.05, 3.63) is 0 Å². The molecule has 3 fully saturated rings. The third-order valence-electron chi connectivity index (χ3n) is 4.86. The molecule has 0 aromatic carbocycles. The van der Waals surface area contributed by atoms with Crippen LogP contribution < -0.4 is 10.6 Å². The summed E-state index contributed by atoms with van der Waals surface area (Å²) in [6, 6.07) is 1.55. The van der Waals surface area contributed by atoms with E-state index in [0.717, 1.165) is 39.1 Å². The summed E-state index contributed by atoms with van der Waals surface area (Å²) in [6.07, 6.45) is 8.31. The molecule has 1 aliphatic carbocycles. The molecule has 21 heavy (non-hydrogen) atoms. The molecule has 2 saturated heterocycles. The van der Waals surface area contributed by atoms with Crippen molar-refractivity contribution in [3.63, 3.8) is 0 Å². The summed E-state index contributed by atoms with van der Waals surface area (Å²) >= 11 is 0. The Hall–Kier alpha value is -0.650. The van der Waals surface area contributed by atoms with Crippen LogP contribution in [0.3, 0.4) is 0 Å². The number of nitrogens with one attached hydrogen (secondary N) is 2. The fraction of sp³-hybridized carbons (Fsp3) is 0.938. The molecule has 5 nitrogen and oxygen atoms in total. The third kappa shape index (κ3) is 4.94. The molecule has 1 amide bonds. The van der Waals surface area contributed by atoms with Gasteiger partial charge in [-0.1, -0.05) is 6.42 Å². The van der Waals surface area contributed by atoms with E-state index in [1.54, 1.807) is 0 Å². The van der Waals surface area contributed by atoms with Gasteiger partial charge in [-0.25, -0.2) is 0 Å². The first kappa shape index (κ1) is 15.3. The van der Waals surface area contributed by atoms with Gasteiger partial charge in [0.25, 0.3) is 0 Å². The first-order chi connectivity index (χ1) is 10.3. The van der Waals surface area contributed by atoms with Crippen molar-refractivity contribution in [2.24, 2.45) is 0 Å². The highest BCUT2D eigenvalue weighted by Gasteiger charge is 2.32. The number of hydrogen-bond donors (Lipinski definition) is 2. The van der Waals surface area contributed by atoms with Crippen LogP contribution in [0.1, 0.15) is 44.9 Å². The molecule has 0 aromatic rings. The molecular formula is C16H29N3O2. The first-order valence-corrected chi connectivity index (χ1v) is 8.66. The van der Waals surface area contributed by atoms with Crippen LogP contribution in [0.5, 0.6) is 0 Å². The molecule has 3 rings (SSSR count). The van der Waals surface area contributed by atoms with Gasteiger partial charge in [0.05, 0.1) is 6.54 Å². The quantitative estimate of drug-likeness (QED) is 0.764. The smallest absolute Gasteiger partial charge is 0.234 e. The lowest BCUT2D eigenvalue weighted by Crippen LogP contribution is -2.49. The van der Waals surface area contributed by atoms with Gasteiger partial charge in [-0.3, -0.25) is 9.69 Å². The Balaban J connectivity index is 1.44. The maximum atomic E-state index is 12.3. The van der Waals surface area contributed by atoms with E-state index in [0.29, 0.717) is 24.7 Å². The zero-order chi connectivity index (χ0) is 14.5. The number of carbonyl (C=O) groups excluding carboxylic acids is 1. The zero-order valence-corrected chi connectivity index (χ0v) is 13.0. The van der Waals surface area contributed by atoms with Gasteiger partial charge < -0.3 is 15.4 Å². The Morgan fingerprint density at radius 1 is 1.14 bits per heavy atom. The maximum Gasteiger partial charge on any atom is 0.234 e. The average molecular weight is 295 g/mol. The van der Waals surface area contributed by atoms with Crippen LogP contribution >= 0.6 is 0 Å². The Labute approximate surface area is 127 Å². The zero-order valence-electron chi connectivity index (χ0n) is 13.0. The predicted molar refractivity (Wildman–Crippen MR) is 82.2 cm³/mol. The molecule has 2 aliphatic heterocycles. The highest BCUT2D eigenvalue weighted by atomic mass is 16.5. The van der Waals surface area contributed by atoms with Gasteiger partial charge in [0, 0.05) is 37.9 Å². The average Bonchev–Trinajstić information content (AvgIpc) is 3.33. The van der Waals surface area contributed by atoms with Crippen molar-refractivity contribution in [2.75, 3.05) is 32.8 Å². The standard InChI is InChI=1S/C16H29N3O2/c20-16(18-13-6-9-21-10-7-13)12-19(15-4-5-15)11-14-3-1-2-8-17-14/h13-15,17H,1-12H2,(H,18,20). The van der Waals surface area contributed by atoms with E-state index in [1.165, 1.54) is 32.1 Å². The third-order valence-corrected chi connectivity index (χ3v) is 4.86. The van der Waals surface area contributed by atoms with E-state index in [4.69, 9.17) is 4.74 Å². The van der Waals surface area contributed by atoms with Crippen LogP contribution in [-0.4, -0.2) is 61.8 Å². The molecule has 1 unspecified atom stereocenters. The lowest BCUT2D eigenvalue weighted by molar-refractivity contribution is -0.123. The number of amides is 1. The largest absolute Gasteiger partial charge is 0.381 e. The van der Waals surface area contributed by atoms with Gasteiger partial charge in [0.1, 0.15) is 0 Å².